The van der Waals surface area contributed by atoms with Gasteiger partial charge in [0, 0.05) is 17.3 Å². The van der Waals surface area contributed by atoms with Crippen molar-refractivity contribution in [2.45, 2.75) is 13.8 Å². The summed E-state index contributed by atoms with van der Waals surface area (Å²) in [7, 11) is 0. The zero-order valence-electron chi connectivity index (χ0n) is 15.9. The third-order valence-corrected chi connectivity index (χ3v) is 4.46. The number of nitriles is 1. The van der Waals surface area contributed by atoms with Crippen LogP contribution in [0.1, 0.15) is 27.2 Å². The van der Waals surface area contributed by atoms with Crippen molar-refractivity contribution in [3.05, 3.63) is 82.6 Å². The number of carbonyl (C=O) groups is 2. The van der Waals surface area contributed by atoms with Crippen molar-refractivity contribution in [2.24, 2.45) is 0 Å². The summed E-state index contributed by atoms with van der Waals surface area (Å²) in [5.74, 6) is -0.693. The van der Waals surface area contributed by atoms with Crippen LogP contribution in [-0.2, 0) is 4.79 Å². The smallest absolute Gasteiger partial charge is 0.335 e. The van der Waals surface area contributed by atoms with E-state index in [2.05, 4.69) is 5.32 Å². The molecule has 29 heavy (non-hydrogen) atoms. The van der Waals surface area contributed by atoms with Crippen molar-refractivity contribution in [1.82, 2.24) is 0 Å². The molecule has 2 aromatic carbocycles. The van der Waals surface area contributed by atoms with Crippen LogP contribution in [0.15, 0.2) is 64.6 Å². The molecule has 3 rings (SSSR count). The highest BCUT2D eigenvalue weighted by atomic mass is 16.4. The Morgan fingerprint density at radius 1 is 1.03 bits per heavy atom. The van der Waals surface area contributed by atoms with Crippen molar-refractivity contribution < 1.29 is 19.1 Å². The largest absolute Gasteiger partial charge is 0.478 e. The number of anilines is 1. The molecule has 1 heterocycles. The van der Waals surface area contributed by atoms with E-state index < -0.39 is 11.9 Å². The van der Waals surface area contributed by atoms with Gasteiger partial charge in [0.25, 0.3) is 5.91 Å². The predicted molar refractivity (Wildman–Crippen MR) is 109 cm³/mol. The van der Waals surface area contributed by atoms with Crippen LogP contribution < -0.4 is 5.32 Å². The molecule has 0 aliphatic heterocycles. The van der Waals surface area contributed by atoms with Gasteiger partial charge in [-0.2, -0.15) is 5.26 Å². The molecule has 1 aromatic heterocycles. The maximum absolute atomic E-state index is 12.4. The van der Waals surface area contributed by atoms with Gasteiger partial charge in [0.15, 0.2) is 0 Å². The van der Waals surface area contributed by atoms with Gasteiger partial charge in [-0.3, -0.25) is 4.79 Å². The summed E-state index contributed by atoms with van der Waals surface area (Å²) < 4.78 is 5.68. The molecule has 0 spiro atoms. The van der Waals surface area contributed by atoms with Crippen LogP contribution in [0.5, 0.6) is 0 Å². The van der Waals surface area contributed by atoms with Crippen molar-refractivity contribution in [2.75, 3.05) is 5.32 Å². The summed E-state index contributed by atoms with van der Waals surface area (Å²) in [6.45, 7) is 3.92. The Morgan fingerprint density at radius 2 is 1.76 bits per heavy atom. The lowest BCUT2D eigenvalue weighted by Crippen LogP contribution is -2.13. The molecule has 1 amide bonds. The second kappa shape index (κ2) is 8.28. The third kappa shape index (κ3) is 4.60. The van der Waals surface area contributed by atoms with Crippen LogP contribution in [0.25, 0.3) is 17.4 Å². The Balaban J connectivity index is 1.78. The molecule has 0 fully saturated rings. The monoisotopic (exact) mass is 386 g/mol. The van der Waals surface area contributed by atoms with Crippen LogP contribution in [0, 0.1) is 25.2 Å². The first kappa shape index (κ1) is 19.6. The molecule has 0 saturated heterocycles. The van der Waals surface area contributed by atoms with E-state index in [-0.39, 0.29) is 11.1 Å². The lowest BCUT2D eigenvalue weighted by atomic mass is 10.1. The Morgan fingerprint density at radius 3 is 2.38 bits per heavy atom. The molecule has 6 nitrogen and oxygen atoms in total. The van der Waals surface area contributed by atoms with Gasteiger partial charge in [0.05, 0.1) is 5.56 Å². The number of carboxylic acids is 1. The number of amides is 1. The van der Waals surface area contributed by atoms with Gasteiger partial charge >= 0.3 is 5.97 Å². The summed E-state index contributed by atoms with van der Waals surface area (Å²) >= 11 is 0. The van der Waals surface area contributed by atoms with E-state index >= 15 is 0 Å². The minimum absolute atomic E-state index is 0.0923. The molecule has 3 aromatic rings. The lowest BCUT2D eigenvalue weighted by molar-refractivity contribution is -0.112. The molecular formula is C23H18N2O4. The first-order valence-electron chi connectivity index (χ1n) is 8.81. The number of hydrogen-bond donors (Lipinski definition) is 2. The van der Waals surface area contributed by atoms with Gasteiger partial charge in [0.2, 0.25) is 0 Å². The number of aryl methyl sites for hydroxylation is 2. The van der Waals surface area contributed by atoms with Gasteiger partial charge in [-0.15, -0.1) is 0 Å². The van der Waals surface area contributed by atoms with Crippen LogP contribution in [0.3, 0.4) is 0 Å². The lowest BCUT2D eigenvalue weighted by Gasteiger charge is -2.06. The fourth-order valence-corrected chi connectivity index (χ4v) is 2.67. The molecule has 0 bridgehead atoms. The SMILES string of the molecule is Cc1ccc(NC(=O)/C(C#N)=C\c2ccc(-c3ccc(C(=O)O)cc3)o2)cc1C. The molecule has 2 N–H and O–H groups in total. The van der Waals surface area contributed by atoms with E-state index in [9.17, 15) is 14.9 Å². The average Bonchev–Trinajstić information content (AvgIpc) is 3.17. The number of furan rings is 1. The van der Waals surface area contributed by atoms with E-state index in [0.29, 0.717) is 22.8 Å². The molecule has 0 unspecified atom stereocenters. The molecular weight excluding hydrogens is 368 g/mol. The highest BCUT2D eigenvalue weighted by molar-refractivity contribution is 6.09. The second-order valence-corrected chi connectivity index (χ2v) is 6.51. The summed E-state index contributed by atoms with van der Waals surface area (Å²) in [5, 5.41) is 21.0. The van der Waals surface area contributed by atoms with E-state index in [1.54, 1.807) is 30.3 Å². The average molecular weight is 386 g/mol. The predicted octanol–water partition coefficient (Wildman–Crippen LogP) is 4.81. The minimum atomic E-state index is -1.01. The van der Waals surface area contributed by atoms with Crippen LogP contribution in [0.2, 0.25) is 0 Å². The Labute approximate surface area is 167 Å². The number of carboxylic acid groups (broad SMARTS) is 1. The zero-order chi connectivity index (χ0) is 21.0. The number of nitrogens with one attached hydrogen (secondary N) is 1. The quantitative estimate of drug-likeness (QED) is 0.484. The first-order valence-corrected chi connectivity index (χ1v) is 8.81. The zero-order valence-corrected chi connectivity index (χ0v) is 15.9. The number of rotatable bonds is 5. The fourth-order valence-electron chi connectivity index (χ4n) is 2.67. The Hall–Kier alpha value is -4.11. The molecule has 0 radical (unpaired) electrons. The molecule has 144 valence electrons. The van der Waals surface area contributed by atoms with E-state index in [0.717, 1.165) is 11.1 Å². The number of carbonyl (C=O) groups excluding carboxylic acids is 1. The van der Waals surface area contributed by atoms with E-state index in [1.165, 1.54) is 18.2 Å². The summed E-state index contributed by atoms with van der Waals surface area (Å²) in [4.78, 5) is 23.4. The van der Waals surface area contributed by atoms with Gasteiger partial charge < -0.3 is 14.8 Å². The number of hydrogen-bond acceptors (Lipinski definition) is 4. The number of aromatic carboxylic acids is 1. The first-order chi connectivity index (χ1) is 13.9. The molecule has 0 aliphatic rings. The van der Waals surface area contributed by atoms with Gasteiger partial charge in [-0.05, 0) is 61.4 Å². The van der Waals surface area contributed by atoms with Crippen LogP contribution in [0.4, 0.5) is 5.69 Å². The van der Waals surface area contributed by atoms with Crippen LogP contribution in [-0.4, -0.2) is 17.0 Å². The molecule has 0 atom stereocenters. The molecule has 0 saturated carbocycles. The van der Waals surface area contributed by atoms with Crippen molar-refractivity contribution in [3.63, 3.8) is 0 Å². The Kier molecular flexibility index (Phi) is 5.61. The van der Waals surface area contributed by atoms with Gasteiger partial charge in [0.1, 0.15) is 23.2 Å². The standard InChI is InChI=1S/C23H18N2O4/c1-14-3-8-19(11-15(14)2)25-22(26)18(13-24)12-20-9-10-21(29-20)16-4-6-17(7-5-16)23(27)28/h3-12H,1-2H3,(H,25,26)(H,27,28)/b18-12-. The van der Waals surface area contributed by atoms with Gasteiger partial charge in [-0.25, -0.2) is 4.79 Å². The van der Waals surface area contributed by atoms with Crippen molar-refractivity contribution >= 4 is 23.6 Å². The van der Waals surface area contributed by atoms with Gasteiger partial charge in [-0.1, -0.05) is 18.2 Å². The van der Waals surface area contributed by atoms with E-state index in [1.807, 2.05) is 32.0 Å². The summed E-state index contributed by atoms with van der Waals surface area (Å²) in [5.41, 5.74) is 3.53. The number of nitrogens with zero attached hydrogens (tertiary/aromatic N) is 1. The highest BCUT2D eigenvalue weighted by Gasteiger charge is 2.12. The summed E-state index contributed by atoms with van der Waals surface area (Å²) in [6, 6.07) is 17.0. The normalized spacial score (nSPS) is 11.0. The van der Waals surface area contributed by atoms with E-state index in [4.69, 9.17) is 9.52 Å². The topological polar surface area (TPSA) is 103 Å². The molecule has 6 heteroatoms. The van der Waals surface area contributed by atoms with Crippen molar-refractivity contribution in [1.29, 1.82) is 5.26 Å². The minimum Gasteiger partial charge on any atom is -0.478 e. The fraction of sp³-hybridized carbons (Fsp3) is 0.0870. The number of benzene rings is 2. The van der Waals surface area contributed by atoms with Crippen molar-refractivity contribution in [3.8, 4) is 17.4 Å². The third-order valence-electron chi connectivity index (χ3n) is 4.46. The summed E-state index contributed by atoms with van der Waals surface area (Å²) in [6.07, 6.45) is 1.37. The maximum atomic E-state index is 12.4. The molecule has 0 aliphatic carbocycles. The second-order valence-electron chi connectivity index (χ2n) is 6.51. The highest BCUT2D eigenvalue weighted by Crippen LogP contribution is 2.24. The Bertz CT molecular complexity index is 1150. The maximum Gasteiger partial charge on any atom is 0.335 e. The van der Waals surface area contributed by atoms with Crippen LogP contribution >= 0.6 is 0 Å².